The van der Waals surface area contributed by atoms with E-state index >= 15 is 0 Å². The zero-order valence-electron chi connectivity index (χ0n) is 12.8. The number of aromatic nitrogens is 1. The summed E-state index contributed by atoms with van der Waals surface area (Å²) in [4.78, 5) is 16.2. The minimum Gasteiger partial charge on any atom is -0.374 e. The Kier molecular flexibility index (Phi) is 6.45. The summed E-state index contributed by atoms with van der Waals surface area (Å²) in [5.41, 5.74) is 0.194. The number of nitrogens with zero attached hydrogens (tertiary/aromatic N) is 1. The maximum absolute atomic E-state index is 12.0. The third kappa shape index (κ3) is 5.57. The molecule has 0 aliphatic carbocycles. The largest absolute Gasteiger partial charge is 0.374 e. The van der Waals surface area contributed by atoms with Gasteiger partial charge in [0.15, 0.2) is 0 Å². The summed E-state index contributed by atoms with van der Waals surface area (Å²) >= 11 is 0. The Labute approximate surface area is 121 Å². The van der Waals surface area contributed by atoms with E-state index in [0.29, 0.717) is 18.7 Å². The number of ether oxygens (including phenoxy) is 1. The quantitative estimate of drug-likeness (QED) is 0.767. The highest BCUT2D eigenvalue weighted by molar-refractivity contribution is 5.94. The highest BCUT2D eigenvalue weighted by atomic mass is 16.5. The first-order chi connectivity index (χ1) is 9.48. The smallest absolute Gasteiger partial charge is 0.252 e. The molecule has 1 amide bonds. The fraction of sp³-hybridized carbons (Fsp3) is 0.600. The van der Waals surface area contributed by atoms with Crippen molar-refractivity contribution < 1.29 is 9.53 Å². The molecular weight excluding hydrogens is 254 g/mol. The number of pyridine rings is 1. The second-order valence-corrected chi connectivity index (χ2v) is 5.23. The Morgan fingerprint density at radius 1 is 1.35 bits per heavy atom. The summed E-state index contributed by atoms with van der Waals surface area (Å²) in [5, 5.41) is 6.03. The Morgan fingerprint density at radius 2 is 2.10 bits per heavy atom. The number of carbonyl (C=O) groups is 1. The van der Waals surface area contributed by atoms with Gasteiger partial charge in [0.25, 0.3) is 5.91 Å². The molecule has 0 fully saturated rings. The molecule has 1 rings (SSSR count). The Bertz CT molecular complexity index is 416. The van der Waals surface area contributed by atoms with E-state index in [-0.39, 0.29) is 11.5 Å². The zero-order valence-corrected chi connectivity index (χ0v) is 12.8. The van der Waals surface area contributed by atoms with Crippen molar-refractivity contribution in [2.75, 3.05) is 25.0 Å². The van der Waals surface area contributed by atoms with Crippen molar-refractivity contribution in [3.63, 3.8) is 0 Å². The molecule has 0 atom stereocenters. The minimum atomic E-state index is -0.361. The van der Waals surface area contributed by atoms with Gasteiger partial charge < -0.3 is 15.4 Å². The number of hydrogen-bond acceptors (Lipinski definition) is 4. The summed E-state index contributed by atoms with van der Waals surface area (Å²) in [6, 6.07) is 3.59. The van der Waals surface area contributed by atoms with Crippen LogP contribution < -0.4 is 10.6 Å². The number of carbonyl (C=O) groups excluding carboxylic acids is 1. The lowest BCUT2D eigenvalue weighted by atomic mass is 10.1. The summed E-state index contributed by atoms with van der Waals surface area (Å²) in [6.45, 7) is 9.91. The Balaban J connectivity index is 2.51. The van der Waals surface area contributed by atoms with Crippen LogP contribution in [0.5, 0.6) is 0 Å². The van der Waals surface area contributed by atoms with Gasteiger partial charge in [0.2, 0.25) is 0 Å². The van der Waals surface area contributed by atoms with Gasteiger partial charge in [-0.3, -0.25) is 4.79 Å². The number of rotatable bonds is 8. The highest BCUT2D eigenvalue weighted by Crippen LogP contribution is 2.08. The second-order valence-electron chi connectivity index (χ2n) is 5.23. The van der Waals surface area contributed by atoms with Crippen LogP contribution >= 0.6 is 0 Å². The topological polar surface area (TPSA) is 63.2 Å². The molecule has 20 heavy (non-hydrogen) atoms. The molecular formula is C15H25N3O2. The van der Waals surface area contributed by atoms with E-state index in [2.05, 4.69) is 22.5 Å². The van der Waals surface area contributed by atoms with E-state index in [9.17, 15) is 4.79 Å². The first kappa shape index (κ1) is 16.4. The molecule has 0 spiro atoms. The lowest BCUT2D eigenvalue weighted by Crippen LogP contribution is -2.40. The van der Waals surface area contributed by atoms with E-state index in [0.717, 1.165) is 18.8 Å². The van der Waals surface area contributed by atoms with Crippen molar-refractivity contribution in [1.82, 2.24) is 10.3 Å². The van der Waals surface area contributed by atoms with Gasteiger partial charge in [-0.05, 0) is 39.3 Å². The fourth-order valence-corrected chi connectivity index (χ4v) is 1.72. The molecule has 0 unspecified atom stereocenters. The second kappa shape index (κ2) is 7.85. The molecule has 0 radical (unpaired) electrons. The van der Waals surface area contributed by atoms with Gasteiger partial charge in [0.05, 0.1) is 11.2 Å². The summed E-state index contributed by atoms with van der Waals surface area (Å²) in [6.07, 6.45) is 2.62. The average molecular weight is 279 g/mol. The fourth-order valence-electron chi connectivity index (χ4n) is 1.72. The normalized spacial score (nSPS) is 11.2. The van der Waals surface area contributed by atoms with Gasteiger partial charge in [-0.25, -0.2) is 4.98 Å². The van der Waals surface area contributed by atoms with Crippen LogP contribution in [0.2, 0.25) is 0 Å². The lowest BCUT2D eigenvalue weighted by molar-refractivity contribution is -0.00815. The molecule has 112 valence electrons. The van der Waals surface area contributed by atoms with Gasteiger partial charge in [0, 0.05) is 25.9 Å². The van der Waals surface area contributed by atoms with Crippen molar-refractivity contribution in [2.45, 2.75) is 39.7 Å². The molecule has 0 saturated carbocycles. The van der Waals surface area contributed by atoms with Crippen molar-refractivity contribution in [1.29, 1.82) is 0 Å². The lowest BCUT2D eigenvalue weighted by Gasteiger charge is -2.24. The summed E-state index contributed by atoms with van der Waals surface area (Å²) in [5.74, 6) is 0.658. The van der Waals surface area contributed by atoms with Crippen molar-refractivity contribution in [2.24, 2.45) is 0 Å². The molecule has 0 aromatic carbocycles. The maximum Gasteiger partial charge on any atom is 0.252 e. The van der Waals surface area contributed by atoms with Gasteiger partial charge in [-0.1, -0.05) is 6.92 Å². The predicted octanol–water partition coefficient (Wildman–Crippen LogP) is 2.45. The van der Waals surface area contributed by atoms with E-state index in [1.807, 2.05) is 26.8 Å². The Morgan fingerprint density at radius 3 is 2.65 bits per heavy atom. The summed E-state index contributed by atoms with van der Waals surface area (Å²) < 4.78 is 5.54. The third-order valence-corrected chi connectivity index (χ3v) is 2.79. The average Bonchev–Trinajstić information content (AvgIpc) is 2.43. The minimum absolute atomic E-state index is 0.132. The molecule has 5 nitrogen and oxygen atoms in total. The molecule has 0 bridgehead atoms. The third-order valence-electron chi connectivity index (χ3n) is 2.79. The van der Waals surface area contributed by atoms with Crippen LogP contribution in [0, 0.1) is 0 Å². The van der Waals surface area contributed by atoms with E-state index in [4.69, 9.17) is 4.74 Å². The van der Waals surface area contributed by atoms with Crippen LogP contribution in [0.15, 0.2) is 18.3 Å². The zero-order chi connectivity index (χ0) is 15.0. The van der Waals surface area contributed by atoms with Gasteiger partial charge in [-0.2, -0.15) is 0 Å². The molecule has 5 heteroatoms. The molecule has 1 aromatic heterocycles. The predicted molar refractivity (Wildman–Crippen MR) is 81.1 cm³/mol. The van der Waals surface area contributed by atoms with E-state index in [1.54, 1.807) is 12.3 Å². The van der Waals surface area contributed by atoms with Crippen molar-refractivity contribution in [3.8, 4) is 0 Å². The monoisotopic (exact) mass is 279 g/mol. The van der Waals surface area contributed by atoms with Crippen LogP contribution in [-0.2, 0) is 4.74 Å². The van der Waals surface area contributed by atoms with E-state index in [1.165, 1.54) is 0 Å². The summed E-state index contributed by atoms with van der Waals surface area (Å²) in [7, 11) is 0. The highest BCUT2D eigenvalue weighted by Gasteiger charge is 2.19. The van der Waals surface area contributed by atoms with Crippen LogP contribution in [0.3, 0.4) is 0 Å². The molecule has 0 aliphatic rings. The van der Waals surface area contributed by atoms with Gasteiger partial charge >= 0.3 is 0 Å². The van der Waals surface area contributed by atoms with Crippen molar-refractivity contribution >= 4 is 11.7 Å². The number of amides is 1. The first-order valence-electron chi connectivity index (χ1n) is 7.10. The van der Waals surface area contributed by atoms with Crippen LogP contribution in [-0.4, -0.2) is 36.2 Å². The van der Waals surface area contributed by atoms with Gasteiger partial charge in [-0.15, -0.1) is 0 Å². The molecule has 0 aliphatic heterocycles. The standard InChI is InChI=1S/C15H25N3O2/c1-5-9-16-13-8-7-12(10-17-13)14(19)18-11-15(3,4)20-6-2/h7-8,10H,5-6,9,11H2,1-4H3,(H,16,17)(H,18,19). The van der Waals surface area contributed by atoms with Gasteiger partial charge in [0.1, 0.15) is 5.82 Å². The van der Waals surface area contributed by atoms with Crippen LogP contribution in [0.25, 0.3) is 0 Å². The number of anilines is 1. The Hall–Kier alpha value is -1.62. The molecule has 0 saturated heterocycles. The molecule has 1 heterocycles. The number of hydrogen-bond donors (Lipinski definition) is 2. The van der Waals surface area contributed by atoms with E-state index < -0.39 is 0 Å². The SMILES string of the molecule is CCCNc1ccc(C(=O)NCC(C)(C)OCC)cn1. The van der Waals surface area contributed by atoms with Crippen LogP contribution in [0.4, 0.5) is 5.82 Å². The maximum atomic E-state index is 12.0. The molecule has 2 N–H and O–H groups in total. The van der Waals surface area contributed by atoms with Crippen LogP contribution in [0.1, 0.15) is 44.5 Å². The number of nitrogens with one attached hydrogen (secondary N) is 2. The first-order valence-corrected chi connectivity index (χ1v) is 7.10. The van der Waals surface area contributed by atoms with Crippen molar-refractivity contribution in [3.05, 3.63) is 23.9 Å². The molecule has 1 aromatic rings.